The van der Waals surface area contributed by atoms with Crippen LogP contribution in [0, 0.1) is 6.92 Å². The van der Waals surface area contributed by atoms with E-state index >= 15 is 0 Å². The smallest absolute Gasteiger partial charge is 0.254 e. The summed E-state index contributed by atoms with van der Waals surface area (Å²) in [5.74, 6) is 0.107. The van der Waals surface area contributed by atoms with Gasteiger partial charge in [-0.2, -0.15) is 5.10 Å². The molecule has 1 amide bonds. The molecule has 4 heterocycles. The Bertz CT molecular complexity index is 1630. The molecule has 0 spiro atoms. The number of pyridine rings is 1. The maximum atomic E-state index is 14.0. The van der Waals surface area contributed by atoms with Crippen LogP contribution in [0.25, 0.3) is 22.3 Å². The molecule has 0 radical (unpaired) electrons. The van der Waals surface area contributed by atoms with Crippen molar-refractivity contribution in [2.45, 2.75) is 19.4 Å². The van der Waals surface area contributed by atoms with Crippen molar-refractivity contribution < 1.29 is 13.2 Å². The number of anilines is 1. The van der Waals surface area contributed by atoms with E-state index in [2.05, 4.69) is 4.90 Å². The van der Waals surface area contributed by atoms with E-state index in [1.54, 1.807) is 4.68 Å². The van der Waals surface area contributed by atoms with Gasteiger partial charge in [-0.15, -0.1) is 0 Å². The van der Waals surface area contributed by atoms with E-state index in [9.17, 15) is 13.2 Å². The van der Waals surface area contributed by atoms with Crippen molar-refractivity contribution in [3.05, 3.63) is 76.9 Å². The van der Waals surface area contributed by atoms with Gasteiger partial charge in [-0.05, 0) is 37.6 Å². The number of carbonyl (C=O) groups excluding carboxylic acids is 1. The molecule has 0 saturated carbocycles. The maximum Gasteiger partial charge on any atom is 0.254 e. The first kappa shape index (κ1) is 24.9. The van der Waals surface area contributed by atoms with Gasteiger partial charge >= 0.3 is 0 Å². The zero-order chi connectivity index (χ0) is 26.4. The Balaban J connectivity index is 1.38. The van der Waals surface area contributed by atoms with Gasteiger partial charge in [0.2, 0.25) is 0 Å². The molecule has 2 fully saturated rings. The van der Waals surface area contributed by atoms with Gasteiger partial charge in [0.1, 0.15) is 0 Å². The Kier molecular flexibility index (Phi) is 6.36. The van der Waals surface area contributed by atoms with Gasteiger partial charge in [0.15, 0.2) is 15.5 Å². The summed E-state index contributed by atoms with van der Waals surface area (Å²) in [5, 5.41) is 6.10. The fourth-order valence-electron chi connectivity index (χ4n) is 5.47. The predicted octanol–water partition coefficient (Wildman–Crippen LogP) is 4.38. The summed E-state index contributed by atoms with van der Waals surface area (Å²) in [4.78, 5) is 23.0. The lowest BCUT2D eigenvalue weighted by Gasteiger charge is -2.36. The fraction of sp³-hybridized carbons (Fsp3) is 0.321. The van der Waals surface area contributed by atoms with Crippen LogP contribution in [0.2, 0.25) is 5.02 Å². The van der Waals surface area contributed by atoms with Gasteiger partial charge in [-0.1, -0.05) is 48.0 Å². The second-order valence-corrected chi connectivity index (χ2v) is 12.6. The molecule has 2 saturated heterocycles. The van der Waals surface area contributed by atoms with Gasteiger partial charge < -0.3 is 9.80 Å². The third-order valence-electron chi connectivity index (χ3n) is 7.43. The van der Waals surface area contributed by atoms with Crippen molar-refractivity contribution in [1.82, 2.24) is 19.7 Å². The van der Waals surface area contributed by atoms with Crippen LogP contribution in [0.3, 0.4) is 0 Å². The number of hydrogen-bond acceptors (Lipinski definition) is 6. The first-order chi connectivity index (χ1) is 18.3. The molecule has 2 aromatic carbocycles. The van der Waals surface area contributed by atoms with Crippen LogP contribution < -0.4 is 4.90 Å². The number of piperazine rings is 1. The van der Waals surface area contributed by atoms with E-state index in [1.807, 2.05) is 72.5 Å². The molecule has 1 unspecified atom stereocenters. The highest BCUT2D eigenvalue weighted by Gasteiger charge is 2.33. The molecule has 0 N–H and O–H groups in total. The number of carbonyl (C=O) groups is 1. The standard InChI is InChI=1S/C28H28ClN5O3S/c1-19-26-24(28(35)33-13-11-32(12-14-33)22-9-5-8-21(29)16-22)17-25(20-6-3-2-4-7-20)30-27(26)34(31-19)23-10-15-38(36,37)18-23/h2-9,16-17,23H,10-15,18H2,1H3. The van der Waals surface area contributed by atoms with Gasteiger partial charge in [-0.25, -0.2) is 18.1 Å². The summed E-state index contributed by atoms with van der Waals surface area (Å²) in [6.07, 6.45) is 0.491. The van der Waals surface area contributed by atoms with E-state index in [4.69, 9.17) is 21.7 Å². The largest absolute Gasteiger partial charge is 0.368 e. The fourth-order valence-corrected chi connectivity index (χ4v) is 7.35. The molecule has 0 bridgehead atoms. The zero-order valence-electron chi connectivity index (χ0n) is 21.0. The SMILES string of the molecule is Cc1nn(C2CCS(=O)(=O)C2)c2nc(-c3ccccc3)cc(C(=O)N3CCN(c4cccc(Cl)c4)CC3)c12. The number of halogens is 1. The van der Waals surface area contributed by atoms with Crippen LogP contribution >= 0.6 is 11.6 Å². The Morgan fingerprint density at radius 3 is 2.45 bits per heavy atom. The van der Waals surface area contributed by atoms with Crippen LogP contribution in [0.1, 0.15) is 28.5 Å². The lowest BCUT2D eigenvalue weighted by atomic mass is 10.0. The van der Waals surface area contributed by atoms with E-state index in [-0.39, 0.29) is 23.5 Å². The number of aryl methyl sites for hydroxylation is 1. The van der Waals surface area contributed by atoms with Crippen molar-refractivity contribution in [1.29, 1.82) is 0 Å². The molecule has 196 valence electrons. The van der Waals surface area contributed by atoms with E-state index < -0.39 is 9.84 Å². The number of nitrogens with zero attached hydrogens (tertiary/aromatic N) is 5. The molecule has 38 heavy (non-hydrogen) atoms. The highest BCUT2D eigenvalue weighted by atomic mass is 35.5. The van der Waals surface area contributed by atoms with Gasteiger partial charge in [0.05, 0.1) is 39.9 Å². The van der Waals surface area contributed by atoms with Crippen LogP contribution in [0.15, 0.2) is 60.7 Å². The minimum absolute atomic E-state index is 0.0369. The molecule has 8 nitrogen and oxygen atoms in total. The van der Waals surface area contributed by atoms with Gasteiger partial charge in [0.25, 0.3) is 5.91 Å². The van der Waals surface area contributed by atoms with Crippen LogP contribution in [-0.2, 0) is 9.84 Å². The first-order valence-electron chi connectivity index (χ1n) is 12.7. The maximum absolute atomic E-state index is 14.0. The number of benzene rings is 2. The second-order valence-electron chi connectivity index (χ2n) is 9.97. The minimum atomic E-state index is -3.12. The van der Waals surface area contributed by atoms with E-state index in [1.165, 1.54) is 0 Å². The highest BCUT2D eigenvalue weighted by molar-refractivity contribution is 7.91. The lowest BCUT2D eigenvalue weighted by molar-refractivity contribution is 0.0748. The number of sulfone groups is 1. The monoisotopic (exact) mass is 549 g/mol. The molecule has 10 heteroatoms. The average molecular weight is 550 g/mol. The van der Waals surface area contributed by atoms with Crippen molar-refractivity contribution in [3.63, 3.8) is 0 Å². The molecule has 2 aromatic heterocycles. The summed E-state index contributed by atoms with van der Waals surface area (Å²) in [7, 11) is -3.12. The Hall–Kier alpha value is -3.43. The first-order valence-corrected chi connectivity index (χ1v) is 14.9. The topological polar surface area (TPSA) is 88.4 Å². The minimum Gasteiger partial charge on any atom is -0.368 e. The Morgan fingerprint density at radius 1 is 1.00 bits per heavy atom. The second kappa shape index (κ2) is 9.71. The van der Waals surface area contributed by atoms with Crippen LogP contribution in [0.5, 0.6) is 0 Å². The van der Waals surface area contributed by atoms with E-state index in [0.29, 0.717) is 65.6 Å². The third kappa shape index (κ3) is 4.65. The van der Waals surface area contributed by atoms with Crippen LogP contribution in [0.4, 0.5) is 5.69 Å². The number of amides is 1. The molecule has 2 aliphatic rings. The zero-order valence-corrected chi connectivity index (χ0v) is 22.6. The van der Waals surface area contributed by atoms with Crippen molar-refractivity contribution >= 4 is 44.1 Å². The third-order valence-corrected chi connectivity index (χ3v) is 9.42. The van der Waals surface area contributed by atoms with E-state index in [0.717, 1.165) is 11.3 Å². The molecule has 2 aliphatic heterocycles. The lowest BCUT2D eigenvalue weighted by Crippen LogP contribution is -2.48. The van der Waals surface area contributed by atoms with Crippen molar-refractivity contribution in [2.75, 3.05) is 42.6 Å². The summed E-state index contributed by atoms with van der Waals surface area (Å²) < 4.78 is 26.2. The van der Waals surface area contributed by atoms with Crippen molar-refractivity contribution in [3.8, 4) is 11.3 Å². The Morgan fingerprint density at radius 2 is 1.76 bits per heavy atom. The molecule has 6 rings (SSSR count). The predicted molar refractivity (Wildman–Crippen MR) is 150 cm³/mol. The normalized spacial score (nSPS) is 19.3. The molecule has 0 aliphatic carbocycles. The molecule has 1 atom stereocenters. The molecular weight excluding hydrogens is 522 g/mol. The van der Waals surface area contributed by atoms with Gasteiger partial charge in [0, 0.05) is 42.5 Å². The average Bonchev–Trinajstić information content (AvgIpc) is 3.46. The number of aromatic nitrogens is 3. The summed E-state index contributed by atoms with van der Waals surface area (Å²) in [6, 6.07) is 19.0. The quantitative estimate of drug-likeness (QED) is 0.375. The summed E-state index contributed by atoms with van der Waals surface area (Å²) >= 11 is 6.19. The summed E-state index contributed by atoms with van der Waals surface area (Å²) in [6.45, 7) is 4.40. The molecular formula is C28H28ClN5O3S. The summed E-state index contributed by atoms with van der Waals surface area (Å²) in [5.41, 5.74) is 4.39. The highest BCUT2D eigenvalue weighted by Crippen LogP contribution is 2.33. The molecule has 4 aromatic rings. The van der Waals surface area contributed by atoms with Crippen LogP contribution in [-0.4, -0.2) is 71.7 Å². The number of rotatable bonds is 4. The number of hydrogen-bond donors (Lipinski definition) is 0. The van der Waals surface area contributed by atoms with Crippen molar-refractivity contribution in [2.24, 2.45) is 0 Å². The Labute approximate surface area is 226 Å². The number of fused-ring (bicyclic) bond motifs is 1. The van der Waals surface area contributed by atoms with Gasteiger partial charge in [-0.3, -0.25) is 4.79 Å².